The first kappa shape index (κ1) is 29.4. The van der Waals surface area contributed by atoms with Crippen molar-refractivity contribution in [1.29, 1.82) is 5.26 Å². The quantitative estimate of drug-likeness (QED) is 0.398. The van der Waals surface area contributed by atoms with Crippen molar-refractivity contribution in [3.63, 3.8) is 0 Å². The second kappa shape index (κ2) is 11.9. The van der Waals surface area contributed by atoms with Crippen LogP contribution < -0.4 is 16.0 Å². The van der Waals surface area contributed by atoms with Crippen LogP contribution in [0.5, 0.6) is 0 Å². The molecule has 9 nitrogen and oxygen atoms in total. The maximum atomic E-state index is 13.1. The molecule has 0 radical (unpaired) electrons. The van der Waals surface area contributed by atoms with Crippen LogP contribution in [0, 0.1) is 11.3 Å². The van der Waals surface area contributed by atoms with Gasteiger partial charge >= 0.3 is 18.1 Å². The number of hydrogen-bond acceptors (Lipinski definition) is 8. The maximum Gasteiger partial charge on any atom is 0.416 e. The highest BCUT2D eigenvalue weighted by molar-refractivity contribution is 6.07. The Bertz CT molecular complexity index is 1640. The van der Waals surface area contributed by atoms with Crippen LogP contribution in [-0.2, 0) is 25.2 Å². The van der Waals surface area contributed by atoms with E-state index >= 15 is 0 Å². The first-order chi connectivity index (χ1) is 20.0. The van der Waals surface area contributed by atoms with Crippen LogP contribution in [0.4, 0.5) is 24.5 Å². The van der Waals surface area contributed by atoms with E-state index in [2.05, 4.69) is 5.32 Å². The Morgan fingerprint density at radius 1 is 0.929 bits per heavy atom. The van der Waals surface area contributed by atoms with Crippen molar-refractivity contribution in [2.75, 3.05) is 24.4 Å². The number of halogens is 3. The molecule has 1 unspecified atom stereocenters. The summed E-state index contributed by atoms with van der Waals surface area (Å²) >= 11 is 0. The second-order valence-corrected chi connectivity index (χ2v) is 8.91. The van der Waals surface area contributed by atoms with E-state index in [1.165, 1.54) is 36.4 Å². The maximum absolute atomic E-state index is 13.1. The lowest BCUT2D eigenvalue weighted by Gasteiger charge is -2.35. The lowest BCUT2D eigenvalue weighted by Crippen LogP contribution is -2.40. The molecule has 1 atom stereocenters. The van der Waals surface area contributed by atoms with E-state index in [1.807, 2.05) is 6.07 Å². The molecule has 0 aliphatic carbocycles. The van der Waals surface area contributed by atoms with Crippen LogP contribution in [0.1, 0.15) is 27.4 Å². The van der Waals surface area contributed by atoms with Gasteiger partial charge in [0.25, 0.3) is 5.91 Å². The molecule has 214 valence electrons. The standard InChI is InChI=1S/C30H23F3N4O5/c1-41-28(39)24-23(17-7-4-3-5-8-17)22(16-34)26(35)37(25(24)29(40)42-2)21-13-11-18(12-14-21)27(38)36-20-10-6-9-19(15-20)30(31,32)33/h3-15,23H,35H2,1-2H3,(H,36,38). The molecule has 12 heteroatoms. The Hall–Kier alpha value is -5.57. The third kappa shape index (κ3) is 5.66. The largest absolute Gasteiger partial charge is 0.466 e. The molecule has 42 heavy (non-hydrogen) atoms. The Morgan fingerprint density at radius 2 is 1.57 bits per heavy atom. The molecule has 0 fully saturated rings. The summed E-state index contributed by atoms with van der Waals surface area (Å²) in [5.41, 5.74) is 5.69. The molecule has 4 rings (SSSR count). The zero-order valence-electron chi connectivity index (χ0n) is 22.2. The van der Waals surface area contributed by atoms with Crippen LogP contribution in [0.25, 0.3) is 0 Å². The molecule has 1 aliphatic heterocycles. The first-order valence-corrected chi connectivity index (χ1v) is 12.3. The number of methoxy groups -OCH3 is 2. The summed E-state index contributed by atoms with van der Waals surface area (Å²) in [6, 6.07) is 20.1. The highest BCUT2D eigenvalue weighted by atomic mass is 19.4. The number of nitrogens with one attached hydrogen (secondary N) is 1. The minimum absolute atomic E-state index is 0.0411. The van der Waals surface area contributed by atoms with Crippen LogP contribution >= 0.6 is 0 Å². The van der Waals surface area contributed by atoms with Gasteiger partial charge in [-0.2, -0.15) is 18.4 Å². The molecule has 1 aliphatic rings. The fourth-order valence-electron chi connectivity index (χ4n) is 4.52. The van der Waals surface area contributed by atoms with Crippen molar-refractivity contribution < 1.29 is 37.0 Å². The summed E-state index contributed by atoms with van der Waals surface area (Å²) < 4.78 is 49.1. The fourth-order valence-corrected chi connectivity index (χ4v) is 4.52. The molecule has 0 aromatic heterocycles. The summed E-state index contributed by atoms with van der Waals surface area (Å²) in [6.45, 7) is 0. The van der Waals surface area contributed by atoms with Gasteiger partial charge in [-0.25, -0.2) is 9.59 Å². The molecule has 0 spiro atoms. The Kier molecular flexibility index (Phi) is 8.33. The summed E-state index contributed by atoms with van der Waals surface area (Å²) in [4.78, 5) is 40.2. The normalized spacial score (nSPS) is 15.1. The van der Waals surface area contributed by atoms with Crippen LogP contribution in [0.15, 0.2) is 102 Å². The number of ether oxygens (including phenoxy) is 2. The van der Waals surface area contributed by atoms with Gasteiger partial charge in [0.05, 0.1) is 42.9 Å². The summed E-state index contributed by atoms with van der Waals surface area (Å²) in [6.07, 6.45) is -4.58. The van der Waals surface area contributed by atoms with E-state index < -0.39 is 35.5 Å². The number of rotatable bonds is 6. The Morgan fingerprint density at radius 3 is 2.14 bits per heavy atom. The van der Waals surface area contributed by atoms with Gasteiger partial charge < -0.3 is 20.5 Å². The van der Waals surface area contributed by atoms with Crippen molar-refractivity contribution >= 4 is 29.2 Å². The summed E-state index contributed by atoms with van der Waals surface area (Å²) in [7, 11) is 2.24. The van der Waals surface area contributed by atoms with E-state index in [-0.39, 0.29) is 39.6 Å². The van der Waals surface area contributed by atoms with Gasteiger partial charge in [0.1, 0.15) is 11.5 Å². The summed E-state index contributed by atoms with van der Waals surface area (Å²) in [5, 5.41) is 12.5. The number of anilines is 2. The van der Waals surface area contributed by atoms with Crippen molar-refractivity contribution in [3.8, 4) is 6.07 Å². The Balaban J connectivity index is 1.78. The van der Waals surface area contributed by atoms with Gasteiger partial charge in [-0.15, -0.1) is 0 Å². The van der Waals surface area contributed by atoms with Gasteiger partial charge in [-0.3, -0.25) is 9.69 Å². The van der Waals surface area contributed by atoms with Crippen molar-refractivity contribution in [3.05, 3.63) is 118 Å². The van der Waals surface area contributed by atoms with Gasteiger partial charge in [-0.05, 0) is 48.0 Å². The Labute approximate surface area is 238 Å². The number of allylic oxidation sites excluding steroid dienone is 1. The lowest BCUT2D eigenvalue weighted by molar-refractivity contribution is -0.139. The van der Waals surface area contributed by atoms with Crippen LogP contribution in [-0.4, -0.2) is 32.1 Å². The highest BCUT2D eigenvalue weighted by Gasteiger charge is 2.43. The average Bonchev–Trinajstić information content (AvgIpc) is 2.99. The molecule has 0 saturated heterocycles. The monoisotopic (exact) mass is 576 g/mol. The number of carbonyl (C=O) groups is 3. The smallest absolute Gasteiger partial charge is 0.416 e. The topological polar surface area (TPSA) is 135 Å². The number of nitrogens with two attached hydrogens (primary N) is 1. The van der Waals surface area contributed by atoms with Crippen molar-refractivity contribution in [2.45, 2.75) is 12.1 Å². The van der Waals surface area contributed by atoms with Gasteiger partial charge in [-0.1, -0.05) is 36.4 Å². The molecule has 3 aromatic carbocycles. The van der Waals surface area contributed by atoms with E-state index in [1.54, 1.807) is 30.3 Å². The van der Waals surface area contributed by atoms with Gasteiger partial charge in [0.15, 0.2) is 0 Å². The number of hydrogen-bond donors (Lipinski definition) is 2. The summed E-state index contributed by atoms with van der Waals surface area (Å²) in [5.74, 6) is -3.76. The molecule has 1 amide bonds. The zero-order valence-corrected chi connectivity index (χ0v) is 22.2. The van der Waals surface area contributed by atoms with Crippen molar-refractivity contribution in [2.24, 2.45) is 5.73 Å². The SMILES string of the molecule is COC(=O)C1=C(C(=O)OC)N(c2ccc(C(=O)Nc3cccc(C(F)(F)F)c3)cc2)C(N)=C(C#N)C1c1ccccc1. The third-order valence-corrected chi connectivity index (χ3v) is 6.45. The number of esters is 2. The molecular weight excluding hydrogens is 553 g/mol. The number of alkyl halides is 3. The molecular formula is C30H23F3N4O5. The number of amides is 1. The fraction of sp³-hybridized carbons (Fsp3) is 0.133. The minimum atomic E-state index is -4.58. The average molecular weight is 577 g/mol. The van der Waals surface area contributed by atoms with Gasteiger partial charge in [0, 0.05) is 16.9 Å². The van der Waals surface area contributed by atoms with E-state index in [4.69, 9.17) is 15.2 Å². The third-order valence-electron chi connectivity index (χ3n) is 6.45. The molecule has 1 heterocycles. The number of benzene rings is 3. The van der Waals surface area contributed by atoms with Crippen LogP contribution in [0.2, 0.25) is 0 Å². The number of nitrogens with zero attached hydrogens (tertiary/aromatic N) is 2. The molecule has 0 saturated carbocycles. The predicted octanol–water partition coefficient (Wildman–Crippen LogP) is 4.86. The second-order valence-electron chi connectivity index (χ2n) is 8.91. The lowest BCUT2D eigenvalue weighted by atomic mass is 9.81. The molecule has 0 bridgehead atoms. The molecule has 3 N–H and O–H groups in total. The number of nitriles is 1. The van der Waals surface area contributed by atoms with E-state index in [0.29, 0.717) is 5.56 Å². The van der Waals surface area contributed by atoms with Gasteiger partial charge in [0.2, 0.25) is 0 Å². The minimum Gasteiger partial charge on any atom is -0.466 e. The van der Waals surface area contributed by atoms with Crippen LogP contribution in [0.3, 0.4) is 0 Å². The zero-order chi connectivity index (χ0) is 30.6. The number of carbonyl (C=O) groups excluding carboxylic acids is 3. The first-order valence-electron chi connectivity index (χ1n) is 12.3. The van der Waals surface area contributed by atoms with E-state index in [9.17, 15) is 32.8 Å². The molecule has 3 aromatic rings. The van der Waals surface area contributed by atoms with E-state index in [0.717, 1.165) is 31.3 Å². The predicted molar refractivity (Wildman–Crippen MR) is 145 cm³/mol. The highest BCUT2D eigenvalue weighted by Crippen LogP contribution is 2.43. The van der Waals surface area contributed by atoms with Crippen molar-refractivity contribution in [1.82, 2.24) is 0 Å².